The molecule has 0 aliphatic heterocycles. The van der Waals surface area contributed by atoms with Crippen LogP contribution in [0.4, 0.5) is 0 Å². The van der Waals surface area contributed by atoms with E-state index >= 15 is 0 Å². The van der Waals surface area contributed by atoms with Crippen LogP contribution in [0.25, 0.3) is 0 Å². The number of amides is 1. The highest BCUT2D eigenvalue weighted by Gasteiger charge is 2.40. The van der Waals surface area contributed by atoms with Crippen LogP contribution in [0.3, 0.4) is 0 Å². The molecule has 0 radical (unpaired) electrons. The van der Waals surface area contributed by atoms with E-state index in [4.69, 9.17) is 5.73 Å². The Kier molecular flexibility index (Phi) is 1.42. The maximum atomic E-state index is 11.2. The lowest BCUT2D eigenvalue weighted by Gasteiger charge is -2.07. The van der Waals surface area contributed by atoms with Gasteiger partial charge in [-0.2, -0.15) is 0 Å². The van der Waals surface area contributed by atoms with Crippen molar-refractivity contribution in [3.8, 4) is 0 Å². The topological polar surface area (TPSA) is 55.1 Å². The highest BCUT2D eigenvalue weighted by atomic mass is 16.1. The van der Waals surface area contributed by atoms with E-state index in [2.05, 4.69) is 5.32 Å². The summed E-state index contributed by atoms with van der Waals surface area (Å²) in [5.74, 6) is 0.146. The molecular formula is C8H14N2O. The summed E-state index contributed by atoms with van der Waals surface area (Å²) in [4.78, 5) is 11.2. The minimum absolute atomic E-state index is 0.126. The summed E-state index contributed by atoms with van der Waals surface area (Å²) in [7, 11) is 0. The fraction of sp³-hybridized carbons (Fsp3) is 0.875. The van der Waals surface area contributed by atoms with Gasteiger partial charge in [0.2, 0.25) is 5.91 Å². The van der Waals surface area contributed by atoms with Crippen molar-refractivity contribution < 1.29 is 4.79 Å². The molecule has 62 valence electrons. The molecule has 0 spiro atoms. The molecule has 3 heteroatoms. The number of nitrogens with one attached hydrogen (secondary N) is 1. The van der Waals surface area contributed by atoms with Gasteiger partial charge in [0, 0.05) is 18.0 Å². The van der Waals surface area contributed by atoms with E-state index in [1.807, 2.05) is 0 Å². The van der Waals surface area contributed by atoms with Crippen molar-refractivity contribution in [2.75, 3.05) is 0 Å². The third-order valence-electron chi connectivity index (χ3n) is 2.35. The Morgan fingerprint density at radius 1 is 1.55 bits per heavy atom. The van der Waals surface area contributed by atoms with E-state index in [1.165, 1.54) is 0 Å². The third kappa shape index (κ3) is 1.93. The van der Waals surface area contributed by atoms with Gasteiger partial charge in [-0.25, -0.2) is 0 Å². The molecule has 2 aliphatic rings. The number of hydrogen-bond donors (Lipinski definition) is 2. The maximum absolute atomic E-state index is 11.2. The van der Waals surface area contributed by atoms with Crippen LogP contribution in [0, 0.1) is 0 Å². The standard InChI is InChI=1S/C8H14N2O/c9-8(3-4-8)5-7(11)10-6-1-2-6/h6H,1-5,9H2,(H,10,11). The van der Waals surface area contributed by atoms with E-state index in [0.29, 0.717) is 12.5 Å². The van der Waals surface area contributed by atoms with E-state index in [-0.39, 0.29) is 11.4 Å². The molecule has 1 amide bonds. The highest BCUT2D eigenvalue weighted by molar-refractivity contribution is 5.78. The molecule has 3 nitrogen and oxygen atoms in total. The Morgan fingerprint density at radius 3 is 2.64 bits per heavy atom. The number of rotatable bonds is 3. The van der Waals surface area contributed by atoms with Gasteiger partial charge in [-0.15, -0.1) is 0 Å². The van der Waals surface area contributed by atoms with Crippen LogP contribution in [0.2, 0.25) is 0 Å². The normalized spacial score (nSPS) is 26.3. The Morgan fingerprint density at radius 2 is 2.18 bits per heavy atom. The molecule has 0 heterocycles. The van der Waals surface area contributed by atoms with Gasteiger partial charge in [0.25, 0.3) is 0 Å². The van der Waals surface area contributed by atoms with Crippen molar-refractivity contribution in [3.63, 3.8) is 0 Å². The molecular weight excluding hydrogens is 140 g/mol. The van der Waals surface area contributed by atoms with Crippen molar-refractivity contribution in [1.29, 1.82) is 0 Å². The summed E-state index contributed by atoms with van der Waals surface area (Å²) >= 11 is 0. The molecule has 3 N–H and O–H groups in total. The van der Waals surface area contributed by atoms with Crippen molar-refractivity contribution in [2.45, 2.75) is 43.7 Å². The monoisotopic (exact) mass is 154 g/mol. The van der Waals surface area contributed by atoms with Gasteiger partial charge in [0.1, 0.15) is 0 Å². The first-order valence-electron chi connectivity index (χ1n) is 4.26. The molecule has 2 saturated carbocycles. The summed E-state index contributed by atoms with van der Waals surface area (Å²) in [6.45, 7) is 0. The van der Waals surface area contributed by atoms with E-state index in [9.17, 15) is 4.79 Å². The first-order chi connectivity index (χ1) is 5.18. The smallest absolute Gasteiger partial charge is 0.222 e. The Labute approximate surface area is 66.3 Å². The van der Waals surface area contributed by atoms with Gasteiger partial charge < -0.3 is 11.1 Å². The van der Waals surface area contributed by atoms with Crippen molar-refractivity contribution in [3.05, 3.63) is 0 Å². The molecule has 2 fully saturated rings. The molecule has 0 bridgehead atoms. The summed E-state index contributed by atoms with van der Waals surface area (Å²) in [6, 6.07) is 0.477. The zero-order valence-corrected chi connectivity index (χ0v) is 6.60. The zero-order chi connectivity index (χ0) is 7.90. The summed E-state index contributed by atoms with van der Waals surface area (Å²) in [5, 5.41) is 2.93. The molecule has 2 rings (SSSR count). The Hall–Kier alpha value is -0.570. The number of carbonyl (C=O) groups excluding carboxylic acids is 1. The minimum atomic E-state index is -0.126. The number of carbonyl (C=O) groups is 1. The van der Waals surface area contributed by atoms with Crippen LogP contribution in [0.15, 0.2) is 0 Å². The van der Waals surface area contributed by atoms with E-state index < -0.39 is 0 Å². The predicted molar refractivity (Wildman–Crippen MR) is 41.9 cm³/mol. The number of nitrogens with two attached hydrogens (primary N) is 1. The van der Waals surface area contributed by atoms with Crippen molar-refractivity contribution in [2.24, 2.45) is 5.73 Å². The van der Waals surface area contributed by atoms with E-state index in [1.54, 1.807) is 0 Å². The predicted octanol–water partition coefficient (Wildman–Crippen LogP) is 0.146. The Balaban J connectivity index is 1.72. The maximum Gasteiger partial charge on any atom is 0.222 e. The molecule has 0 atom stereocenters. The van der Waals surface area contributed by atoms with Crippen molar-refractivity contribution >= 4 is 5.91 Å². The van der Waals surface area contributed by atoms with Crippen molar-refractivity contribution in [1.82, 2.24) is 5.32 Å². The molecule has 0 aromatic rings. The fourth-order valence-corrected chi connectivity index (χ4v) is 1.16. The molecule has 0 unspecified atom stereocenters. The second kappa shape index (κ2) is 2.21. The molecule has 11 heavy (non-hydrogen) atoms. The minimum Gasteiger partial charge on any atom is -0.353 e. The van der Waals surface area contributed by atoms with Crippen LogP contribution < -0.4 is 11.1 Å². The summed E-state index contributed by atoms with van der Waals surface area (Å²) in [6.07, 6.45) is 4.88. The average Bonchev–Trinajstić information content (AvgIpc) is 2.72. The lowest BCUT2D eigenvalue weighted by Crippen LogP contribution is -2.34. The van der Waals surface area contributed by atoms with Gasteiger partial charge in [-0.3, -0.25) is 4.79 Å². The number of hydrogen-bond acceptors (Lipinski definition) is 2. The van der Waals surface area contributed by atoms with Gasteiger partial charge in [-0.05, 0) is 25.7 Å². The Bertz CT molecular complexity index is 183. The van der Waals surface area contributed by atoms with Crippen LogP contribution in [0.5, 0.6) is 0 Å². The van der Waals surface area contributed by atoms with Gasteiger partial charge in [-0.1, -0.05) is 0 Å². The van der Waals surface area contributed by atoms with Crippen LogP contribution in [-0.2, 0) is 4.79 Å². The SMILES string of the molecule is NC1(CC(=O)NC2CC2)CC1. The summed E-state index contributed by atoms with van der Waals surface area (Å²) in [5.41, 5.74) is 5.66. The third-order valence-corrected chi connectivity index (χ3v) is 2.35. The van der Waals surface area contributed by atoms with Gasteiger partial charge >= 0.3 is 0 Å². The molecule has 2 aliphatic carbocycles. The van der Waals surface area contributed by atoms with Crippen LogP contribution in [-0.4, -0.2) is 17.5 Å². The lowest BCUT2D eigenvalue weighted by molar-refractivity contribution is -0.121. The zero-order valence-electron chi connectivity index (χ0n) is 6.60. The second-order valence-corrected chi connectivity index (χ2v) is 3.88. The van der Waals surface area contributed by atoms with Gasteiger partial charge in [0.05, 0.1) is 0 Å². The first kappa shape index (κ1) is 7.10. The van der Waals surface area contributed by atoms with E-state index in [0.717, 1.165) is 25.7 Å². The second-order valence-electron chi connectivity index (χ2n) is 3.88. The molecule has 0 saturated heterocycles. The van der Waals surface area contributed by atoms with Crippen LogP contribution in [0.1, 0.15) is 32.1 Å². The average molecular weight is 154 g/mol. The quantitative estimate of drug-likeness (QED) is 0.607. The fourth-order valence-electron chi connectivity index (χ4n) is 1.16. The van der Waals surface area contributed by atoms with Crippen LogP contribution >= 0.6 is 0 Å². The van der Waals surface area contributed by atoms with Gasteiger partial charge in [0.15, 0.2) is 0 Å². The molecule has 0 aromatic carbocycles. The largest absolute Gasteiger partial charge is 0.353 e. The summed E-state index contributed by atoms with van der Waals surface area (Å²) < 4.78 is 0. The molecule has 0 aromatic heterocycles. The first-order valence-corrected chi connectivity index (χ1v) is 4.26. The lowest BCUT2D eigenvalue weighted by atomic mass is 10.2. The highest BCUT2D eigenvalue weighted by Crippen LogP contribution is 2.35.